The third-order valence-corrected chi connectivity index (χ3v) is 16.0. The number of methoxy groups -OCH3 is 2. The second kappa shape index (κ2) is 16.8. The fourth-order valence-corrected chi connectivity index (χ4v) is 12.6. The van der Waals surface area contributed by atoms with Crippen LogP contribution in [0, 0.1) is 27.7 Å². The molecule has 10 nitrogen and oxygen atoms in total. The molecule has 0 amide bonds. The van der Waals surface area contributed by atoms with Crippen molar-refractivity contribution in [3.63, 3.8) is 0 Å². The zero-order valence-electron chi connectivity index (χ0n) is 37.7. The van der Waals surface area contributed by atoms with Crippen molar-refractivity contribution in [1.29, 1.82) is 0 Å². The summed E-state index contributed by atoms with van der Waals surface area (Å²) >= 11 is 0. The first kappa shape index (κ1) is 44.0. The van der Waals surface area contributed by atoms with E-state index in [2.05, 4.69) is 109 Å². The van der Waals surface area contributed by atoms with Gasteiger partial charge in [0.15, 0.2) is 11.6 Å². The standard InChI is InChI=1S/C52H52N4O6P2/c1-15-35-25-53-43(31(35)9)21-44-32(10)36(16-2)26-54(44)63(53)61-49-23-47(59-13)41(51(57)29(5)6)19-39(49)40-20-42(52(58)30(7)8)48(60-14)24-50(40)62-64-55-27-37(17-3)33(11)45(55)22-46-34(12)38(18-4)28-56(46)64/h15-20,23-28H,1-5,7,21-22H2,6,8-14H3. The van der Waals surface area contributed by atoms with Crippen molar-refractivity contribution < 1.29 is 28.1 Å². The molecule has 0 bridgehead atoms. The van der Waals surface area contributed by atoms with E-state index in [0.717, 1.165) is 67.3 Å². The van der Waals surface area contributed by atoms with Gasteiger partial charge < -0.3 is 18.5 Å². The number of carbonyl (C=O) groups is 2. The largest absolute Gasteiger partial charge is 0.496 e. The Labute approximate surface area is 377 Å². The summed E-state index contributed by atoms with van der Waals surface area (Å²) in [6.07, 6.45) is 17.1. The van der Waals surface area contributed by atoms with Crippen LogP contribution in [-0.4, -0.2) is 43.1 Å². The molecular formula is C52H52N4O6P2. The van der Waals surface area contributed by atoms with Gasteiger partial charge >= 0.3 is 16.9 Å². The SMILES string of the molecule is C=Cc1cn2c(c1C)Cc1c(C)c(C=C)cn1P2Oc1cc(OC)c(C(=O)C(=C)C)cc1-c1cc(C(=O)C(=C)C)c(OC)cc1OP1n2cc(C=C)c(C)c2Cc2c(C)c(C=C)cn21. The first-order chi connectivity index (χ1) is 30.6. The molecule has 6 heterocycles. The summed E-state index contributed by atoms with van der Waals surface area (Å²) in [5, 5.41) is 0. The van der Waals surface area contributed by atoms with Gasteiger partial charge in [0, 0.05) is 83.7 Å². The molecule has 0 spiro atoms. The van der Waals surface area contributed by atoms with Crippen LogP contribution in [0.25, 0.3) is 35.4 Å². The third kappa shape index (κ3) is 6.97. The molecule has 2 aromatic carbocycles. The van der Waals surface area contributed by atoms with E-state index >= 15 is 0 Å². The van der Waals surface area contributed by atoms with Crippen LogP contribution in [0.3, 0.4) is 0 Å². The summed E-state index contributed by atoms with van der Waals surface area (Å²) in [6, 6.07) is 6.98. The van der Waals surface area contributed by atoms with Gasteiger partial charge in [-0.05, 0) is 109 Å². The predicted octanol–water partition coefficient (Wildman–Crippen LogP) is 13.1. The minimum Gasteiger partial charge on any atom is -0.496 e. The molecule has 2 aliphatic rings. The molecule has 64 heavy (non-hydrogen) atoms. The topological polar surface area (TPSA) is 90.8 Å². The second-order valence-corrected chi connectivity index (χ2v) is 19.3. The first-order valence-corrected chi connectivity index (χ1v) is 23.1. The van der Waals surface area contributed by atoms with Gasteiger partial charge in [-0.25, -0.2) is 0 Å². The zero-order valence-corrected chi connectivity index (χ0v) is 39.5. The predicted molar refractivity (Wildman–Crippen MR) is 263 cm³/mol. The minimum absolute atomic E-state index is 0.266. The highest BCUT2D eigenvalue weighted by Gasteiger charge is 2.36. The number of hydrogen-bond donors (Lipinski definition) is 0. The number of allylic oxidation sites excluding steroid dienone is 2. The van der Waals surface area contributed by atoms with Crippen LogP contribution in [0.15, 0.2) is 99.7 Å². The van der Waals surface area contributed by atoms with Gasteiger partial charge in [-0.15, -0.1) is 0 Å². The first-order valence-electron chi connectivity index (χ1n) is 20.8. The van der Waals surface area contributed by atoms with Crippen LogP contribution in [0.5, 0.6) is 23.0 Å². The molecule has 6 aromatic rings. The lowest BCUT2D eigenvalue weighted by atomic mass is 9.93. The van der Waals surface area contributed by atoms with E-state index in [1.807, 2.05) is 24.3 Å². The fourth-order valence-electron chi connectivity index (χ4n) is 8.59. The van der Waals surface area contributed by atoms with Gasteiger partial charge in [0.2, 0.25) is 0 Å². The highest BCUT2D eigenvalue weighted by Crippen LogP contribution is 2.57. The van der Waals surface area contributed by atoms with Crippen LogP contribution in [-0.2, 0) is 12.8 Å². The van der Waals surface area contributed by atoms with Crippen LogP contribution in [0.1, 0.15) is 102 Å². The summed E-state index contributed by atoms with van der Waals surface area (Å²) in [4.78, 5) is 28.1. The van der Waals surface area contributed by atoms with E-state index in [9.17, 15) is 9.59 Å². The Balaban J connectivity index is 1.43. The van der Waals surface area contributed by atoms with E-state index in [4.69, 9.17) is 18.5 Å². The Kier molecular flexibility index (Phi) is 11.6. The van der Waals surface area contributed by atoms with Crippen molar-refractivity contribution in [3.8, 4) is 34.1 Å². The number of hydrogen-bond acceptors (Lipinski definition) is 6. The number of rotatable bonds is 15. The number of ketones is 2. The molecular weight excluding hydrogens is 839 g/mol. The van der Waals surface area contributed by atoms with E-state index in [1.54, 1.807) is 38.1 Å². The van der Waals surface area contributed by atoms with Gasteiger partial charge in [0.1, 0.15) is 23.0 Å². The number of benzene rings is 2. The van der Waals surface area contributed by atoms with Crippen LogP contribution < -0.4 is 18.5 Å². The summed E-state index contributed by atoms with van der Waals surface area (Å²) in [7, 11) is -0.306. The molecule has 0 atom stereocenters. The van der Waals surface area contributed by atoms with Crippen molar-refractivity contribution >= 4 is 52.8 Å². The van der Waals surface area contributed by atoms with E-state index < -0.39 is 16.9 Å². The van der Waals surface area contributed by atoms with Gasteiger partial charge in [0.05, 0.1) is 25.3 Å². The van der Waals surface area contributed by atoms with Crippen molar-refractivity contribution in [1.82, 2.24) is 17.4 Å². The summed E-state index contributed by atoms with van der Waals surface area (Å²) in [5.74, 6) is 0.734. The number of Topliss-reactive ketones (excluding diaryl/α,β-unsaturated/α-hetero) is 2. The Morgan fingerprint density at radius 1 is 0.516 bits per heavy atom. The zero-order chi connectivity index (χ0) is 46.0. The van der Waals surface area contributed by atoms with E-state index in [-0.39, 0.29) is 22.7 Å². The quantitative estimate of drug-likeness (QED) is 0.0579. The molecule has 12 heteroatoms. The number of ether oxygens (including phenoxy) is 2. The normalized spacial score (nSPS) is 12.9. The average Bonchev–Trinajstić information content (AvgIpc) is 4.01. The average molecular weight is 891 g/mol. The minimum atomic E-state index is -1.67. The van der Waals surface area contributed by atoms with Gasteiger partial charge in [-0.3, -0.25) is 26.9 Å². The highest BCUT2D eigenvalue weighted by atomic mass is 31.2. The number of nitrogens with zero attached hydrogens (tertiary/aromatic N) is 4. The Morgan fingerprint density at radius 3 is 1.03 bits per heavy atom. The number of fused-ring (bicyclic) bond motifs is 4. The molecule has 4 aromatic heterocycles. The monoisotopic (exact) mass is 890 g/mol. The molecule has 0 fully saturated rings. The van der Waals surface area contributed by atoms with Gasteiger partial charge in [-0.1, -0.05) is 63.8 Å². The van der Waals surface area contributed by atoms with Gasteiger partial charge in [0.25, 0.3) is 0 Å². The van der Waals surface area contributed by atoms with Crippen molar-refractivity contribution in [2.75, 3.05) is 14.2 Å². The molecule has 2 aliphatic heterocycles. The van der Waals surface area contributed by atoms with E-state index in [0.29, 0.717) is 58.1 Å². The van der Waals surface area contributed by atoms with Gasteiger partial charge in [-0.2, -0.15) is 0 Å². The molecule has 0 saturated heterocycles. The summed E-state index contributed by atoms with van der Waals surface area (Å²) in [6.45, 7) is 36.2. The Bertz CT molecular complexity index is 2740. The molecule has 0 N–H and O–H groups in total. The summed E-state index contributed by atoms with van der Waals surface area (Å²) in [5.41, 5.74) is 15.0. The number of carbonyl (C=O) groups excluding carboxylic acids is 2. The lowest BCUT2D eigenvalue weighted by Crippen LogP contribution is -2.18. The Hall–Kier alpha value is -6.60. The van der Waals surface area contributed by atoms with Crippen LogP contribution in [0.2, 0.25) is 0 Å². The smallest absolute Gasteiger partial charge is 0.318 e. The molecule has 0 unspecified atom stereocenters. The third-order valence-electron chi connectivity index (χ3n) is 12.4. The van der Waals surface area contributed by atoms with Crippen LogP contribution >= 0.6 is 16.9 Å². The maximum atomic E-state index is 14.1. The van der Waals surface area contributed by atoms with Crippen LogP contribution in [0.4, 0.5) is 0 Å². The Morgan fingerprint density at radius 2 is 0.797 bits per heavy atom. The lowest BCUT2D eigenvalue weighted by molar-refractivity contribution is 0.102. The molecule has 0 aliphatic carbocycles. The van der Waals surface area contributed by atoms with E-state index in [1.165, 1.54) is 14.2 Å². The van der Waals surface area contributed by atoms with Crippen molar-refractivity contribution in [2.24, 2.45) is 0 Å². The maximum Gasteiger partial charge on any atom is 0.318 e. The second-order valence-electron chi connectivity index (χ2n) is 16.2. The molecule has 0 radical (unpaired) electrons. The maximum absolute atomic E-state index is 14.1. The number of aromatic nitrogens is 4. The molecule has 326 valence electrons. The van der Waals surface area contributed by atoms with Crippen molar-refractivity contribution in [3.05, 3.63) is 178 Å². The molecule has 0 saturated carbocycles. The summed E-state index contributed by atoms with van der Waals surface area (Å²) < 4.78 is 35.4. The lowest BCUT2D eigenvalue weighted by Gasteiger charge is -2.31. The highest BCUT2D eigenvalue weighted by molar-refractivity contribution is 7.50. The fraction of sp³-hybridized carbons (Fsp3) is 0.192. The van der Waals surface area contributed by atoms with Crippen molar-refractivity contribution in [2.45, 2.75) is 54.4 Å². The molecule has 8 rings (SSSR count).